The average molecular weight is 395 g/mol. The minimum atomic E-state index is -1.82. The molecule has 2 aromatic carbocycles. The van der Waals surface area contributed by atoms with E-state index in [1.807, 2.05) is 24.3 Å². The quantitative estimate of drug-likeness (QED) is 0.748. The van der Waals surface area contributed by atoms with Gasteiger partial charge in [-0.15, -0.1) is 6.58 Å². The second-order valence-corrected chi connectivity index (χ2v) is 7.89. The number of nitrogens with zero attached hydrogens (tertiary/aromatic N) is 1. The highest BCUT2D eigenvalue weighted by Gasteiger charge is 2.44. The Morgan fingerprint density at radius 1 is 1.21 bits per heavy atom. The van der Waals surface area contributed by atoms with Crippen LogP contribution in [0.4, 0.5) is 9.18 Å². The molecule has 0 bridgehead atoms. The lowest BCUT2D eigenvalue weighted by molar-refractivity contribution is -0.0687. The van der Waals surface area contributed by atoms with Crippen molar-refractivity contribution in [1.29, 1.82) is 0 Å². The van der Waals surface area contributed by atoms with E-state index in [2.05, 4.69) is 30.8 Å². The standard InChI is InChI=1S/C24H26FNO3/c1-2-3-13-24(25)16-26(14-12-22(24)27)23(28)29-15-21-19-10-6-4-8-17(19)18-9-5-7-11-20(18)21/h2,4-11,21-22,27H,1,3,12-16H2. The molecular formula is C24H26FNO3. The van der Waals surface area contributed by atoms with Crippen LogP contribution in [-0.2, 0) is 4.74 Å². The topological polar surface area (TPSA) is 49.8 Å². The zero-order valence-electron chi connectivity index (χ0n) is 16.4. The van der Waals surface area contributed by atoms with Crippen LogP contribution in [-0.4, -0.2) is 47.6 Å². The smallest absolute Gasteiger partial charge is 0.409 e. The molecule has 0 aromatic heterocycles. The molecule has 5 heteroatoms. The van der Waals surface area contributed by atoms with E-state index in [9.17, 15) is 9.90 Å². The molecule has 0 spiro atoms. The highest BCUT2D eigenvalue weighted by atomic mass is 19.1. The lowest BCUT2D eigenvalue weighted by Gasteiger charge is -2.40. The third-order valence-electron chi connectivity index (χ3n) is 6.08. The zero-order chi connectivity index (χ0) is 20.4. The van der Waals surface area contributed by atoms with Gasteiger partial charge in [-0.2, -0.15) is 0 Å². The molecule has 152 valence electrons. The monoisotopic (exact) mass is 395 g/mol. The zero-order valence-corrected chi connectivity index (χ0v) is 16.4. The second kappa shape index (κ2) is 7.99. The van der Waals surface area contributed by atoms with Gasteiger partial charge in [0.1, 0.15) is 6.61 Å². The van der Waals surface area contributed by atoms with Gasteiger partial charge >= 0.3 is 6.09 Å². The number of benzene rings is 2. The Morgan fingerprint density at radius 3 is 2.45 bits per heavy atom. The van der Waals surface area contributed by atoms with Crippen LogP contribution in [0, 0.1) is 0 Å². The summed E-state index contributed by atoms with van der Waals surface area (Å²) in [5.41, 5.74) is 2.79. The number of hydrogen-bond acceptors (Lipinski definition) is 3. The largest absolute Gasteiger partial charge is 0.448 e. The van der Waals surface area contributed by atoms with E-state index in [0.29, 0.717) is 6.42 Å². The van der Waals surface area contributed by atoms with Crippen molar-refractivity contribution in [3.8, 4) is 11.1 Å². The van der Waals surface area contributed by atoms with Crippen molar-refractivity contribution in [3.05, 3.63) is 72.3 Å². The van der Waals surface area contributed by atoms with Gasteiger partial charge < -0.3 is 14.7 Å². The van der Waals surface area contributed by atoms with Gasteiger partial charge in [0.15, 0.2) is 5.67 Å². The Bertz CT molecular complexity index is 869. The number of likely N-dealkylation sites (tertiary alicyclic amines) is 1. The normalized spacial score (nSPS) is 23.4. The molecule has 1 N–H and O–H groups in total. The summed E-state index contributed by atoms with van der Waals surface area (Å²) in [6.45, 7) is 3.95. The first-order chi connectivity index (χ1) is 14.0. The van der Waals surface area contributed by atoms with E-state index < -0.39 is 17.9 Å². The summed E-state index contributed by atoms with van der Waals surface area (Å²) in [6, 6.07) is 16.3. The van der Waals surface area contributed by atoms with E-state index in [0.717, 1.165) is 22.3 Å². The molecule has 0 radical (unpaired) electrons. The molecule has 1 amide bonds. The summed E-state index contributed by atoms with van der Waals surface area (Å²) >= 11 is 0. The maximum Gasteiger partial charge on any atom is 0.409 e. The van der Waals surface area contributed by atoms with Gasteiger partial charge in [0, 0.05) is 12.5 Å². The van der Waals surface area contributed by atoms with Gasteiger partial charge in [-0.1, -0.05) is 54.6 Å². The van der Waals surface area contributed by atoms with Crippen molar-refractivity contribution < 1.29 is 19.0 Å². The first kappa shape index (κ1) is 19.6. The summed E-state index contributed by atoms with van der Waals surface area (Å²) in [5, 5.41) is 10.1. The molecule has 1 aliphatic carbocycles. The first-order valence-electron chi connectivity index (χ1n) is 10.1. The molecule has 29 heavy (non-hydrogen) atoms. The van der Waals surface area contributed by atoms with Gasteiger partial charge in [-0.3, -0.25) is 0 Å². The molecule has 1 saturated heterocycles. The Morgan fingerprint density at radius 2 is 1.83 bits per heavy atom. The number of allylic oxidation sites excluding steroid dienone is 1. The molecule has 2 unspecified atom stereocenters. The fourth-order valence-corrected chi connectivity index (χ4v) is 4.47. The Kier molecular flexibility index (Phi) is 5.41. The van der Waals surface area contributed by atoms with Crippen molar-refractivity contribution in [2.24, 2.45) is 0 Å². The van der Waals surface area contributed by atoms with Crippen molar-refractivity contribution >= 4 is 6.09 Å². The van der Waals surface area contributed by atoms with Crippen molar-refractivity contribution in [3.63, 3.8) is 0 Å². The number of hydrogen-bond donors (Lipinski definition) is 1. The molecule has 0 saturated carbocycles. The number of aliphatic hydroxyl groups excluding tert-OH is 1. The van der Waals surface area contributed by atoms with Crippen molar-refractivity contribution in [2.75, 3.05) is 19.7 Å². The van der Waals surface area contributed by atoms with Crippen LogP contribution < -0.4 is 0 Å². The lowest BCUT2D eigenvalue weighted by atomic mass is 9.87. The third kappa shape index (κ3) is 3.67. The van der Waals surface area contributed by atoms with Gasteiger partial charge in [0.25, 0.3) is 0 Å². The van der Waals surface area contributed by atoms with Gasteiger partial charge in [0.2, 0.25) is 0 Å². The number of fused-ring (bicyclic) bond motifs is 3. The van der Waals surface area contributed by atoms with E-state index in [1.54, 1.807) is 6.08 Å². The Hall–Kier alpha value is -2.66. The number of carbonyl (C=O) groups is 1. The van der Waals surface area contributed by atoms with Crippen molar-refractivity contribution in [2.45, 2.75) is 37.0 Å². The lowest BCUT2D eigenvalue weighted by Crippen LogP contribution is -2.55. The Labute approximate surface area is 170 Å². The van der Waals surface area contributed by atoms with E-state index >= 15 is 4.39 Å². The van der Waals surface area contributed by atoms with Crippen LogP contribution in [0.15, 0.2) is 61.2 Å². The van der Waals surface area contributed by atoms with E-state index in [-0.39, 0.29) is 38.5 Å². The maximum absolute atomic E-state index is 15.2. The molecule has 1 aliphatic heterocycles. The fraction of sp³-hybridized carbons (Fsp3) is 0.375. The van der Waals surface area contributed by atoms with Crippen LogP contribution >= 0.6 is 0 Å². The van der Waals surface area contributed by atoms with Crippen LogP contribution in [0.25, 0.3) is 11.1 Å². The summed E-state index contributed by atoms with van der Waals surface area (Å²) in [6.07, 6.45) is 0.828. The number of ether oxygens (including phenoxy) is 1. The number of alkyl halides is 1. The third-order valence-corrected chi connectivity index (χ3v) is 6.08. The fourth-order valence-electron chi connectivity index (χ4n) is 4.47. The molecule has 2 atom stereocenters. The molecule has 1 fully saturated rings. The maximum atomic E-state index is 15.2. The number of amides is 1. The van der Waals surface area contributed by atoms with Crippen LogP contribution in [0.5, 0.6) is 0 Å². The van der Waals surface area contributed by atoms with E-state index in [1.165, 1.54) is 4.90 Å². The van der Waals surface area contributed by atoms with Crippen LogP contribution in [0.3, 0.4) is 0 Å². The number of aliphatic hydroxyl groups is 1. The predicted molar refractivity (Wildman–Crippen MR) is 111 cm³/mol. The molecule has 4 nitrogen and oxygen atoms in total. The summed E-state index contributed by atoms with van der Waals surface area (Å²) in [7, 11) is 0. The SMILES string of the molecule is C=CCCC1(F)CN(C(=O)OCC2c3ccccc3-c3ccccc32)CCC1O. The van der Waals surface area contributed by atoms with Crippen LogP contribution in [0.1, 0.15) is 36.3 Å². The molecule has 1 heterocycles. The number of carbonyl (C=O) groups excluding carboxylic acids is 1. The summed E-state index contributed by atoms with van der Waals surface area (Å²) in [5.74, 6) is -0.0300. The summed E-state index contributed by atoms with van der Waals surface area (Å²) < 4.78 is 20.8. The molecule has 2 aliphatic rings. The second-order valence-electron chi connectivity index (χ2n) is 7.89. The highest BCUT2D eigenvalue weighted by molar-refractivity contribution is 5.79. The minimum Gasteiger partial charge on any atom is -0.448 e. The highest BCUT2D eigenvalue weighted by Crippen LogP contribution is 2.44. The Balaban J connectivity index is 1.46. The molecular weight excluding hydrogens is 369 g/mol. The van der Waals surface area contributed by atoms with Gasteiger partial charge in [-0.25, -0.2) is 9.18 Å². The summed E-state index contributed by atoms with van der Waals surface area (Å²) in [4.78, 5) is 14.1. The predicted octanol–water partition coefficient (Wildman–Crippen LogP) is 4.68. The number of rotatable bonds is 5. The number of halogens is 1. The van der Waals surface area contributed by atoms with Gasteiger partial charge in [0.05, 0.1) is 12.6 Å². The van der Waals surface area contributed by atoms with E-state index in [4.69, 9.17) is 4.74 Å². The average Bonchev–Trinajstić information content (AvgIpc) is 3.06. The number of piperidine rings is 1. The molecule has 4 rings (SSSR count). The van der Waals surface area contributed by atoms with Gasteiger partial charge in [-0.05, 0) is 41.5 Å². The van der Waals surface area contributed by atoms with Crippen molar-refractivity contribution in [1.82, 2.24) is 4.90 Å². The van der Waals surface area contributed by atoms with Crippen LogP contribution in [0.2, 0.25) is 0 Å². The molecule has 2 aromatic rings. The first-order valence-corrected chi connectivity index (χ1v) is 10.1. The minimum absolute atomic E-state index is 0.0300.